The molecule has 2 rings (SSSR count). The molecule has 4 amide bonds. The van der Waals surface area contributed by atoms with E-state index in [0.717, 1.165) is 11.0 Å². The molecule has 126 valence electrons. The van der Waals surface area contributed by atoms with Crippen LogP contribution in [-0.4, -0.2) is 40.6 Å². The Morgan fingerprint density at radius 3 is 2.62 bits per heavy atom. The molecule has 0 aromatic heterocycles. The summed E-state index contributed by atoms with van der Waals surface area (Å²) in [6, 6.07) is 5.17. The van der Waals surface area contributed by atoms with E-state index in [-0.39, 0.29) is 23.9 Å². The molecule has 1 heterocycles. The van der Waals surface area contributed by atoms with E-state index >= 15 is 0 Å². The molecular formula is C17H19N3O4. The third kappa shape index (κ3) is 3.68. The number of hydrogen-bond donors (Lipinski definition) is 2. The molecule has 1 aromatic rings. The van der Waals surface area contributed by atoms with Gasteiger partial charge in [0.25, 0.3) is 11.8 Å². The first kappa shape index (κ1) is 17.4. The maximum atomic E-state index is 12.3. The summed E-state index contributed by atoms with van der Waals surface area (Å²) in [7, 11) is 0. The molecule has 1 unspecified atom stereocenters. The van der Waals surface area contributed by atoms with Crippen LogP contribution in [0.3, 0.4) is 0 Å². The molecule has 0 aliphatic carbocycles. The molecule has 1 aliphatic heterocycles. The number of hydrogen-bond acceptors (Lipinski definition) is 4. The second kappa shape index (κ2) is 7.08. The third-order valence-corrected chi connectivity index (χ3v) is 3.58. The Kier molecular flexibility index (Phi) is 5.13. The molecule has 1 saturated heterocycles. The Hall–Kier alpha value is -2.96. The number of imide groups is 1. The van der Waals surface area contributed by atoms with Gasteiger partial charge < -0.3 is 10.6 Å². The van der Waals surface area contributed by atoms with Crippen LogP contribution in [0.2, 0.25) is 0 Å². The average Bonchev–Trinajstić information content (AvgIpc) is 2.81. The lowest BCUT2D eigenvalue weighted by atomic mass is 10.1. The van der Waals surface area contributed by atoms with E-state index in [4.69, 9.17) is 0 Å². The zero-order chi connectivity index (χ0) is 17.9. The Bertz CT molecular complexity index is 712. The SMILES string of the molecule is C=CC(=O)Nc1cccc(C(=O)NC2CC(=O)N(C(C)C)C2=O)c1. The number of nitrogens with zero attached hydrogens (tertiary/aromatic N) is 1. The summed E-state index contributed by atoms with van der Waals surface area (Å²) in [5, 5.41) is 5.12. The number of amides is 4. The smallest absolute Gasteiger partial charge is 0.252 e. The molecule has 1 atom stereocenters. The minimum absolute atomic E-state index is 0.0460. The lowest BCUT2D eigenvalue weighted by Gasteiger charge is -2.19. The van der Waals surface area contributed by atoms with Gasteiger partial charge in [0, 0.05) is 17.3 Å². The second-order valence-corrected chi connectivity index (χ2v) is 5.70. The maximum absolute atomic E-state index is 12.3. The zero-order valence-electron chi connectivity index (χ0n) is 13.5. The van der Waals surface area contributed by atoms with Crippen molar-refractivity contribution in [1.29, 1.82) is 0 Å². The fraction of sp³-hybridized carbons (Fsp3) is 0.294. The van der Waals surface area contributed by atoms with Crippen LogP contribution in [0.5, 0.6) is 0 Å². The van der Waals surface area contributed by atoms with Crippen molar-refractivity contribution in [2.45, 2.75) is 32.4 Å². The van der Waals surface area contributed by atoms with Crippen LogP contribution in [0.4, 0.5) is 5.69 Å². The predicted octanol–water partition coefficient (Wildman–Crippen LogP) is 1.08. The van der Waals surface area contributed by atoms with Crippen LogP contribution in [0.15, 0.2) is 36.9 Å². The summed E-state index contributed by atoms with van der Waals surface area (Å²) in [6.45, 7) is 6.84. The van der Waals surface area contributed by atoms with Crippen molar-refractivity contribution < 1.29 is 19.2 Å². The Morgan fingerprint density at radius 1 is 1.33 bits per heavy atom. The van der Waals surface area contributed by atoms with Gasteiger partial charge >= 0.3 is 0 Å². The molecule has 0 saturated carbocycles. The van der Waals surface area contributed by atoms with E-state index in [2.05, 4.69) is 17.2 Å². The molecule has 24 heavy (non-hydrogen) atoms. The van der Waals surface area contributed by atoms with Crippen LogP contribution in [0, 0.1) is 0 Å². The van der Waals surface area contributed by atoms with Crippen molar-refractivity contribution in [1.82, 2.24) is 10.2 Å². The minimum atomic E-state index is -0.862. The first-order chi connectivity index (χ1) is 11.3. The highest BCUT2D eigenvalue weighted by molar-refractivity contribution is 6.08. The Morgan fingerprint density at radius 2 is 2.04 bits per heavy atom. The average molecular weight is 329 g/mol. The van der Waals surface area contributed by atoms with Crippen molar-refractivity contribution in [3.63, 3.8) is 0 Å². The normalized spacial score (nSPS) is 17.1. The summed E-state index contributed by atoms with van der Waals surface area (Å²) in [4.78, 5) is 48.8. The van der Waals surface area contributed by atoms with Crippen LogP contribution < -0.4 is 10.6 Å². The molecular weight excluding hydrogens is 310 g/mol. The van der Waals surface area contributed by atoms with Gasteiger partial charge in [0.05, 0.1) is 6.42 Å². The van der Waals surface area contributed by atoms with Crippen molar-refractivity contribution in [2.75, 3.05) is 5.32 Å². The van der Waals surface area contributed by atoms with Crippen LogP contribution >= 0.6 is 0 Å². The summed E-state index contributed by atoms with van der Waals surface area (Å²) in [5.74, 6) is -1.58. The topological polar surface area (TPSA) is 95.6 Å². The van der Waals surface area contributed by atoms with Gasteiger partial charge in [-0.05, 0) is 38.1 Å². The van der Waals surface area contributed by atoms with Gasteiger partial charge in [-0.1, -0.05) is 12.6 Å². The monoisotopic (exact) mass is 329 g/mol. The van der Waals surface area contributed by atoms with Gasteiger partial charge in [-0.2, -0.15) is 0 Å². The number of anilines is 1. The van der Waals surface area contributed by atoms with Gasteiger partial charge in [-0.15, -0.1) is 0 Å². The maximum Gasteiger partial charge on any atom is 0.252 e. The van der Waals surface area contributed by atoms with E-state index in [1.807, 2.05) is 0 Å². The van der Waals surface area contributed by atoms with Crippen molar-refractivity contribution in [2.24, 2.45) is 0 Å². The summed E-state index contributed by atoms with van der Waals surface area (Å²) in [6.07, 6.45) is 1.08. The molecule has 1 fully saturated rings. The van der Waals surface area contributed by atoms with Gasteiger partial charge in [-0.3, -0.25) is 24.1 Å². The van der Waals surface area contributed by atoms with Crippen LogP contribution in [0.25, 0.3) is 0 Å². The quantitative estimate of drug-likeness (QED) is 0.624. The van der Waals surface area contributed by atoms with Gasteiger partial charge in [-0.25, -0.2) is 0 Å². The summed E-state index contributed by atoms with van der Waals surface area (Å²) >= 11 is 0. The molecule has 1 aliphatic rings. The highest BCUT2D eigenvalue weighted by Gasteiger charge is 2.40. The Labute approximate surface area is 139 Å². The van der Waals surface area contributed by atoms with Gasteiger partial charge in [0.2, 0.25) is 11.8 Å². The molecule has 2 N–H and O–H groups in total. The number of carbonyl (C=O) groups is 4. The lowest BCUT2D eigenvalue weighted by molar-refractivity contribution is -0.140. The standard InChI is InChI=1S/C17H19N3O4/c1-4-14(21)18-12-7-5-6-11(8-12)16(23)19-13-9-15(22)20(10(2)3)17(13)24/h4-8,10,13H,1,9H2,2-3H3,(H,18,21)(H,19,23). The van der Waals surface area contributed by atoms with Gasteiger partial charge in [0.15, 0.2) is 0 Å². The van der Waals surface area contributed by atoms with E-state index in [0.29, 0.717) is 5.69 Å². The first-order valence-electron chi connectivity index (χ1n) is 7.53. The summed E-state index contributed by atoms with van der Waals surface area (Å²) in [5.41, 5.74) is 0.713. The number of rotatable bonds is 5. The third-order valence-electron chi connectivity index (χ3n) is 3.58. The van der Waals surface area contributed by atoms with Crippen molar-refractivity contribution >= 4 is 29.3 Å². The molecule has 7 nitrogen and oxygen atoms in total. The minimum Gasteiger partial charge on any atom is -0.340 e. The Balaban J connectivity index is 2.09. The predicted molar refractivity (Wildman–Crippen MR) is 88.1 cm³/mol. The van der Waals surface area contributed by atoms with Crippen molar-refractivity contribution in [3.8, 4) is 0 Å². The number of benzene rings is 1. The molecule has 1 aromatic carbocycles. The fourth-order valence-corrected chi connectivity index (χ4v) is 2.48. The fourth-order valence-electron chi connectivity index (χ4n) is 2.48. The molecule has 0 bridgehead atoms. The summed E-state index contributed by atoms with van der Waals surface area (Å²) < 4.78 is 0. The molecule has 0 spiro atoms. The highest BCUT2D eigenvalue weighted by atomic mass is 16.2. The number of carbonyl (C=O) groups excluding carboxylic acids is 4. The number of likely N-dealkylation sites (tertiary alicyclic amines) is 1. The van der Waals surface area contributed by atoms with Crippen molar-refractivity contribution in [3.05, 3.63) is 42.5 Å². The number of nitrogens with one attached hydrogen (secondary N) is 2. The van der Waals surface area contributed by atoms with E-state index in [1.54, 1.807) is 32.0 Å². The molecule has 7 heteroatoms. The van der Waals surface area contributed by atoms with E-state index in [9.17, 15) is 19.2 Å². The molecule has 0 radical (unpaired) electrons. The van der Waals surface area contributed by atoms with Crippen LogP contribution in [-0.2, 0) is 14.4 Å². The lowest BCUT2D eigenvalue weighted by Crippen LogP contribution is -2.43. The second-order valence-electron chi connectivity index (χ2n) is 5.70. The largest absolute Gasteiger partial charge is 0.340 e. The van der Waals surface area contributed by atoms with Crippen LogP contribution in [0.1, 0.15) is 30.6 Å². The van der Waals surface area contributed by atoms with Gasteiger partial charge in [0.1, 0.15) is 6.04 Å². The zero-order valence-corrected chi connectivity index (χ0v) is 13.5. The highest BCUT2D eigenvalue weighted by Crippen LogP contribution is 2.17. The van der Waals surface area contributed by atoms with E-state index < -0.39 is 23.8 Å². The van der Waals surface area contributed by atoms with E-state index in [1.165, 1.54) is 6.07 Å². The first-order valence-corrected chi connectivity index (χ1v) is 7.53.